The van der Waals surface area contributed by atoms with E-state index < -0.39 is 0 Å². The fraction of sp³-hybridized carbons (Fsp3) is 0.650. The van der Waals surface area contributed by atoms with Crippen LogP contribution in [0.25, 0.3) is 0 Å². The van der Waals surface area contributed by atoms with Crippen LogP contribution in [0.1, 0.15) is 50.5 Å². The Balaban J connectivity index is 1.30. The normalized spacial score (nSPS) is 29.7. The Kier molecular flexibility index (Phi) is 4.28. The first kappa shape index (κ1) is 15.0. The predicted molar refractivity (Wildman–Crippen MR) is 93.3 cm³/mol. The van der Waals surface area contributed by atoms with E-state index in [-0.39, 0.29) is 5.91 Å². The predicted octanol–water partition coefficient (Wildman–Crippen LogP) is 3.73. The van der Waals surface area contributed by atoms with Crippen LogP contribution in [0.2, 0.25) is 0 Å². The smallest absolute Gasteiger partial charge is 0.223 e. The van der Waals surface area contributed by atoms with Crippen LogP contribution in [-0.4, -0.2) is 19.0 Å². The van der Waals surface area contributed by atoms with E-state index in [1.807, 2.05) is 0 Å². The fourth-order valence-electron chi connectivity index (χ4n) is 4.86. The minimum absolute atomic E-state index is 0.289. The van der Waals surface area contributed by atoms with Gasteiger partial charge in [0.1, 0.15) is 0 Å². The van der Waals surface area contributed by atoms with Crippen molar-refractivity contribution < 1.29 is 4.79 Å². The van der Waals surface area contributed by atoms with Gasteiger partial charge in [-0.3, -0.25) is 4.79 Å². The quantitative estimate of drug-likeness (QED) is 0.919. The molecular formula is C20H28N2O. The molecule has 3 nitrogen and oxygen atoms in total. The number of carbonyl (C=O) groups is 1. The van der Waals surface area contributed by atoms with Crippen molar-refractivity contribution in [1.82, 2.24) is 5.32 Å². The number of nitrogens with one attached hydrogen (secondary N) is 1. The van der Waals surface area contributed by atoms with Gasteiger partial charge in [0.05, 0.1) is 0 Å². The van der Waals surface area contributed by atoms with Crippen molar-refractivity contribution in [1.29, 1.82) is 0 Å². The van der Waals surface area contributed by atoms with Gasteiger partial charge in [-0.1, -0.05) is 18.6 Å². The highest BCUT2D eigenvalue weighted by Crippen LogP contribution is 2.48. The van der Waals surface area contributed by atoms with Crippen molar-refractivity contribution in [3.63, 3.8) is 0 Å². The van der Waals surface area contributed by atoms with Gasteiger partial charge in [-0.15, -0.1) is 0 Å². The molecule has 1 aromatic rings. The third-order valence-electron chi connectivity index (χ3n) is 6.20. The van der Waals surface area contributed by atoms with E-state index in [1.165, 1.54) is 62.9 Å². The van der Waals surface area contributed by atoms with Crippen LogP contribution in [0.5, 0.6) is 0 Å². The molecule has 2 aliphatic carbocycles. The summed E-state index contributed by atoms with van der Waals surface area (Å²) >= 11 is 0. The third kappa shape index (κ3) is 3.24. The number of rotatable bonds is 4. The molecule has 2 bridgehead atoms. The molecule has 124 valence electrons. The minimum atomic E-state index is 0.289. The Morgan fingerprint density at radius 2 is 1.83 bits per heavy atom. The second-order valence-electron chi connectivity index (χ2n) is 7.71. The monoisotopic (exact) mass is 312 g/mol. The van der Waals surface area contributed by atoms with E-state index in [0.717, 1.165) is 12.3 Å². The lowest BCUT2D eigenvalue weighted by atomic mass is 9.88. The summed E-state index contributed by atoms with van der Waals surface area (Å²) in [5.41, 5.74) is 2.54. The van der Waals surface area contributed by atoms with E-state index >= 15 is 0 Å². The molecule has 1 saturated heterocycles. The standard InChI is InChI=1S/C20H28N2O/c23-20(19-13-16-4-7-17(19)12-16)21-14-15-5-8-18(9-6-15)22-10-2-1-3-11-22/h5-6,8-9,16-17,19H,1-4,7,10-14H2,(H,21,23)/t16-,17-,19+/m0/s1. The number of hydrogen-bond acceptors (Lipinski definition) is 2. The van der Waals surface area contributed by atoms with Crippen LogP contribution in [0.4, 0.5) is 5.69 Å². The molecule has 0 radical (unpaired) electrons. The number of piperidine rings is 1. The van der Waals surface area contributed by atoms with E-state index in [9.17, 15) is 4.79 Å². The first-order valence-corrected chi connectivity index (χ1v) is 9.41. The SMILES string of the molecule is O=C(NCc1ccc(N2CCCCC2)cc1)[C@@H]1C[C@H]2CC[C@H]1C2. The van der Waals surface area contributed by atoms with Gasteiger partial charge in [0.2, 0.25) is 5.91 Å². The summed E-state index contributed by atoms with van der Waals surface area (Å²) in [4.78, 5) is 14.9. The number of amides is 1. The van der Waals surface area contributed by atoms with Crippen LogP contribution in [0, 0.1) is 17.8 Å². The largest absolute Gasteiger partial charge is 0.372 e. The summed E-state index contributed by atoms with van der Waals surface area (Å²) in [6.07, 6.45) is 9.03. The van der Waals surface area contributed by atoms with Crippen LogP contribution in [0.15, 0.2) is 24.3 Å². The Labute approximate surface area is 139 Å². The number of carbonyl (C=O) groups excluding carboxylic acids is 1. The highest BCUT2D eigenvalue weighted by Gasteiger charge is 2.42. The van der Waals surface area contributed by atoms with Gasteiger partial charge in [-0.2, -0.15) is 0 Å². The average Bonchev–Trinajstić information content (AvgIpc) is 3.24. The van der Waals surface area contributed by atoms with Crippen molar-refractivity contribution in [2.45, 2.75) is 51.5 Å². The molecule has 3 heteroatoms. The molecule has 4 rings (SSSR count). The first-order chi connectivity index (χ1) is 11.3. The minimum Gasteiger partial charge on any atom is -0.372 e. The van der Waals surface area contributed by atoms with Crippen molar-refractivity contribution in [3.05, 3.63) is 29.8 Å². The molecule has 0 spiro atoms. The molecule has 3 aliphatic rings. The molecule has 0 unspecified atom stereocenters. The van der Waals surface area contributed by atoms with Crippen LogP contribution in [0.3, 0.4) is 0 Å². The highest BCUT2D eigenvalue weighted by molar-refractivity contribution is 5.79. The van der Waals surface area contributed by atoms with Gasteiger partial charge in [0, 0.05) is 31.2 Å². The third-order valence-corrected chi connectivity index (χ3v) is 6.20. The highest BCUT2D eigenvalue weighted by atomic mass is 16.1. The maximum atomic E-state index is 12.4. The molecule has 3 fully saturated rings. The molecule has 1 N–H and O–H groups in total. The zero-order chi connectivity index (χ0) is 15.6. The fourth-order valence-corrected chi connectivity index (χ4v) is 4.86. The van der Waals surface area contributed by atoms with Gasteiger partial charge < -0.3 is 10.2 Å². The van der Waals surface area contributed by atoms with Gasteiger partial charge in [0.25, 0.3) is 0 Å². The molecule has 23 heavy (non-hydrogen) atoms. The Bertz CT molecular complexity index is 547. The number of hydrogen-bond donors (Lipinski definition) is 1. The topological polar surface area (TPSA) is 32.3 Å². The second kappa shape index (κ2) is 6.54. The summed E-state index contributed by atoms with van der Waals surface area (Å²) in [5.74, 6) is 2.08. The van der Waals surface area contributed by atoms with Crippen molar-refractivity contribution >= 4 is 11.6 Å². The van der Waals surface area contributed by atoms with Gasteiger partial charge >= 0.3 is 0 Å². The van der Waals surface area contributed by atoms with Crippen LogP contribution in [-0.2, 0) is 11.3 Å². The number of benzene rings is 1. The van der Waals surface area contributed by atoms with Gasteiger partial charge in [-0.05, 0) is 68.1 Å². The molecule has 1 heterocycles. The molecular weight excluding hydrogens is 284 g/mol. The lowest BCUT2D eigenvalue weighted by Crippen LogP contribution is -2.33. The van der Waals surface area contributed by atoms with E-state index in [2.05, 4.69) is 34.5 Å². The molecule has 1 amide bonds. The summed E-state index contributed by atoms with van der Waals surface area (Å²) < 4.78 is 0. The van der Waals surface area contributed by atoms with Crippen LogP contribution >= 0.6 is 0 Å². The molecule has 3 atom stereocenters. The summed E-state index contributed by atoms with van der Waals surface area (Å²) in [6, 6.07) is 8.77. The number of nitrogens with zero attached hydrogens (tertiary/aromatic N) is 1. The van der Waals surface area contributed by atoms with Crippen molar-refractivity contribution in [2.24, 2.45) is 17.8 Å². The molecule has 0 aromatic heterocycles. The van der Waals surface area contributed by atoms with E-state index in [0.29, 0.717) is 18.4 Å². The van der Waals surface area contributed by atoms with Crippen LogP contribution < -0.4 is 10.2 Å². The lowest BCUT2D eigenvalue weighted by Gasteiger charge is -2.29. The van der Waals surface area contributed by atoms with Gasteiger partial charge in [-0.25, -0.2) is 0 Å². The first-order valence-electron chi connectivity index (χ1n) is 9.41. The second-order valence-corrected chi connectivity index (χ2v) is 7.71. The molecule has 1 aliphatic heterocycles. The number of anilines is 1. The lowest BCUT2D eigenvalue weighted by molar-refractivity contribution is -0.126. The summed E-state index contributed by atoms with van der Waals surface area (Å²) in [5, 5.41) is 3.17. The average molecular weight is 312 g/mol. The summed E-state index contributed by atoms with van der Waals surface area (Å²) in [7, 11) is 0. The van der Waals surface area contributed by atoms with Crippen molar-refractivity contribution in [3.8, 4) is 0 Å². The molecule has 2 saturated carbocycles. The zero-order valence-corrected chi connectivity index (χ0v) is 14.0. The van der Waals surface area contributed by atoms with E-state index in [4.69, 9.17) is 0 Å². The maximum absolute atomic E-state index is 12.4. The summed E-state index contributed by atoms with van der Waals surface area (Å²) in [6.45, 7) is 3.04. The zero-order valence-electron chi connectivity index (χ0n) is 14.0. The van der Waals surface area contributed by atoms with Crippen molar-refractivity contribution in [2.75, 3.05) is 18.0 Å². The Morgan fingerprint density at radius 1 is 1.04 bits per heavy atom. The Morgan fingerprint density at radius 3 is 2.48 bits per heavy atom. The van der Waals surface area contributed by atoms with E-state index in [1.54, 1.807) is 0 Å². The van der Waals surface area contributed by atoms with Gasteiger partial charge in [0.15, 0.2) is 0 Å². The number of fused-ring (bicyclic) bond motifs is 2. The maximum Gasteiger partial charge on any atom is 0.223 e. The molecule has 1 aromatic carbocycles. The Hall–Kier alpha value is -1.51.